The van der Waals surface area contributed by atoms with Crippen LogP contribution in [0.5, 0.6) is 0 Å². The molecule has 5 rings (SSSR count). The van der Waals surface area contributed by atoms with Gasteiger partial charge in [-0.2, -0.15) is 0 Å². The van der Waals surface area contributed by atoms with Crippen molar-refractivity contribution in [2.45, 2.75) is 133 Å². The molecule has 5 fully saturated rings. The molecule has 0 aromatic carbocycles. The van der Waals surface area contributed by atoms with Crippen LogP contribution in [0, 0.1) is 62.1 Å². The molecular formula is C31H54O. The van der Waals surface area contributed by atoms with Crippen LogP contribution in [0.2, 0.25) is 0 Å². The molecule has 0 aromatic heterocycles. The summed E-state index contributed by atoms with van der Waals surface area (Å²) in [6.07, 6.45) is 14.0. The van der Waals surface area contributed by atoms with Crippen LogP contribution in [0.1, 0.15) is 127 Å². The number of aliphatic hydroxyl groups is 1. The van der Waals surface area contributed by atoms with E-state index in [-0.39, 0.29) is 11.5 Å². The first-order chi connectivity index (χ1) is 14.6. The van der Waals surface area contributed by atoms with Crippen LogP contribution in [-0.4, -0.2) is 11.2 Å². The van der Waals surface area contributed by atoms with Gasteiger partial charge in [0.15, 0.2) is 0 Å². The zero-order valence-corrected chi connectivity index (χ0v) is 23.0. The molecule has 5 aliphatic carbocycles. The Morgan fingerprint density at radius 2 is 1.12 bits per heavy atom. The minimum Gasteiger partial charge on any atom is -0.392 e. The predicted octanol–water partition coefficient (Wildman–Crippen LogP) is 8.49. The molecule has 10 atom stereocenters. The van der Waals surface area contributed by atoms with Crippen LogP contribution < -0.4 is 0 Å². The van der Waals surface area contributed by atoms with Gasteiger partial charge in [0.25, 0.3) is 0 Å². The first-order valence-electron chi connectivity index (χ1n) is 14.3. The van der Waals surface area contributed by atoms with Crippen molar-refractivity contribution in [3.05, 3.63) is 0 Å². The molecule has 1 nitrogen and oxygen atoms in total. The van der Waals surface area contributed by atoms with Crippen molar-refractivity contribution >= 4 is 0 Å². The van der Waals surface area contributed by atoms with E-state index in [2.05, 4.69) is 62.3 Å². The molecule has 0 aliphatic heterocycles. The zero-order chi connectivity index (χ0) is 23.5. The van der Waals surface area contributed by atoms with E-state index in [0.29, 0.717) is 38.9 Å². The lowest BCUT2D eigenvalue weighted by Crippen LogP contribution is -2.68. The summed E-state index contributed by atoms with van der Waals surface area (Å²) >= 11 is 0. The second-order valence-electron chi connectivity index (χ2n) is 16.0. The average Bonchev–Trinajstić information content (AvgIpc) is 2.66. The third-order valence-corrected chi connectivity index (χ3v) is 14.1. The van der Waals surface area contributed by atoms with E-state index in [1.807, 2.05) is 0 Å². The summed E-state index contributed by atoms with van der Waals surface area (Å²) < 4.78 is 0. The highest BCUT2D eigenvalue weighted by molar-refractivity contribution is 5.19. The smallest absolute Gasteiger partial charge is 0.0619 e. The number of hydrogen-bond donors (Lipinski definition) is 1. The Bertz CT molecular complexity index is 766. The quantitative estimate of drug-likeness (QED) is 0.398. The summed E-state index contributed by atoms with van der Waals surface area (Å²) in [5.41, 5.74) is 2.42. The van der Waals surface area contributed by atoms with E-state index < -0.39 is 0 Å². The molecule has 0 saturated heterocycles. The van der Waals surface area contributed by atoms with E-state index in [4.69, 9.17) is 0 Å². The van der Waals surface area contributed by atoms with E-state index >= 15 is 0 Å². The maximum absolute atomic E-state index is 11.2. The van der Waals surface area contributed by atoms with Crippen molar-refractivity contribution in [1.29, 1.82) is 0 Å². The SMILES string of the molecule is C[C@H]1C[C@]2(C)[C@H]3CC[C@@H]4[C@@]5(C)CCCC(C)(C)[C@@H]5CC[C@@]4(C)[C@]3(C)CC[C@H]2C(C)(C)[C@H]1O. The summed E-state index contributed by atoms with van der Waals surface area (Å²) in [5, 5.41) is 11.2. The van der Waals surface area contributed by atoms with Gasteiger partial charge in [-0.15, -0.1) is 0 Å². The first kappa shape index (κ1) is 23.7. The van der Waals surface area contributed by atoms with Crippen LogP contribution >= 0.6 is 0 Å². The van der Waals surface area contributed by atoms with Gasteiger partial charge in [0.1, 0.15) is 0 Å². The number of rotatable bonds is 0. The largest absolute Gasteiger partial charge is 0.392 e. The highest BCUT2D eigenvalue weighted by Crippen LogP contribution is 2.78. The Morgan fingerprint density at radius 3 is 1.72 bits per heavy atom. The maximum Gasteiger partial charge on any atom is 0.0619 e. The predicted molar refractivity (Wildman–Crippen MR) is 135 cm³/mol. The lowest BCUT2D eigenvalue weighted by Gasteiger charge is -2.75. The van der Waals surface area contributed by atoms with Gasteiger partial charge in [-0.1, -0.05) is 68.7 Å². The fraction of sp³-hybridized carbons (Fsp3) is 1.00. The highest BCUT2D eigenvalue weighted by atomic mass is 16.3. The van der Waals surface area contributed by atoms with E-state index in [0.717, 1.165) is 17.8 Å². The van der Waals surface area contributed by atoms with Gasteiger partial charge in [-0.3, -0.25) is 0 Å². The molecule has 0 amide bonds. The molecule has 184 valence electrons. The third kappa shape index (κ3) is 2.67. The lowest BCUT2D eigenvalue weighted by molar-refractivity contribution is -0.269. The fourth-order valence-corrected chi connectivity index (χ4v) is 12.8. The molecule has 0 spiro atoms. The molecule has 0 unspecified atom stereocenters. The molecule has 5 saturated carbocycles. The standard InChI is InChI=1S/C31H54O/c1-20-19-29(7)22(27(4,5)25(20)32)14-18-31(9)24(29)12-11-23-28(6)16-10-15-26(2,3)21(28)13-17-30(23,31)8/h20-25,32H,10-19H2,1-9H3/t20-,21-,22-,23+,24+,25-,28-,29-,30+,31+/m0/s1. The van der Waals surface area contributed by atoms with Crippen LogP contribution in [0.4, 0.5) is 0 Å². The first-order valence-corrected chi connectivity index (χ1v) is 14.3. The van der Waals surface area contributed by atoms with E-state index in [1.165, 1.54) is 64.2 Å². The second-order valence-corrected chi connectivity index (χ2v) is 16.0. The lowest BCUT2D eigenvalue weighted by atomic mass is 9.30. The normalized spacial score (nSPS) is 58.7. The molecule has 0 heterocycles. The average molecular weight is 443 g/mol. The molecule has 1 N–H and O–H groups in total. The maximum atomic E-state index is 11.2. The highest BCUT2D eigenvalue weighted by Gasteiger charge is 2.71. The molecule has 0 aromatic rings. The van der Waals surface area contributed by atoms with Gasteiger partial charge < -0.3 is 5.11 Å². The Morgan fingerprint density at radius 1 is 0.594 bits per heavy atom. The monoisotopic (exact) mass is 442 g/mol. The van der Waals surface area contributed by atoms with Gasteiger partial charge in [0.05, 0.1) is 6.10 Å². The fourth-order valence-electron chi connectivity index (χ4n) is 12.8. The van der Waals surface area contributed by atoms with Crippen molar-refractivity contribution in [3.8, 4) is 0 Å². The topological polar surface area (TPSA) is 20.2 Å². The zero-order valence-electron chi connectivity index (χ0n) is 23.0. The van der Waals surface area contributed by atoms with E-state index in [1.54, 1.807) is 0 Å². The van der Waals surface area contributed by atoms with Crippen LogP contribution in [0.25, 0.3) is 0 Å². The van der Waals surface area contributed by atoms with Gasteiger partial charge in [-0.25, -0.2) is 0 Å². The van der Waals surface area contributed by atoms with E-state index in [9.17, 15) is 5.11 Å². The summed E-state index contributed by atoms with van der Waals surface area (Å²) in [6, 6.07) is 0. The van der Waals surface area contributed by atoms with Crippen LogP contribution in [0.15, 0.2) is 0 Å². The van der Waals surface area contributed by atoms with Crippen molar-refractivity contribution < 1.29 is 5.11 Å². The van der Waals surface area contributed by atoms with Crippen molar-refractivity contribution in [2.75, 3.05) is 0 Å². The van der Waals surface area contributed by atoms with Crippen molar-refractivity contribution in [3.63, 3.8) is 0 Å². The Balaban J connectivity index is 1.55. The van der Waals surface area contributed by atoms with Gasteiger partial charge >= 0.3 is 0 Å². The molecular weight excluding hydrogens is 388 g/mol. The van der Waals surface area contributed by atoms with Gasteiger partial charge in [0, 0.05) is 0 Å². The van der Waals surface area contributed by atoms with Gasteiger partial charge in [0.2, 0.25) is 0 Å². The summed E-state index contributed by atoms with van der Waals surface area (Å²) in [4.78, 5) is 0. The van der Waals surface area contributed by atoms with Gasteiger partial charge in [-0.05, 0) is 120 Å². The minimum atomic E-state index is -0.143. The summed E-state index contributed by atoms with van der Waals surface area (Å²) in [7, 11) is 0. The van der Waals surface area contributed by atoms with Crippen molar-refractivity contribution in [2.24, 2.45) is 62.1 Å². The van der Waals surface area contributed by atoms with Crippen LogP contribution in [0.3, 0.4) is 0 Å². The van der Waals surface area contributed by atoms with Crippen LogP contribution in [-0.2, 0) is 0 Å². The number of fused-ring (bicyclic) bond motifs is 7. The number of hydrogen-bond acceptors (Lipinski definition) is 1. The van der Waals surface area contributed by atoms with Crippen molar-refractivity contribution in [1.82, 2.24) is 0 Å². The molecule has 0 radical (unpaired) electrons. The summed E-state index contributed by atoms with van der Waals surface area (Å²) in [5.74, 6) is 3.72. The molecule has 0 bridgehead atoms. The second kappa shape index (κ2) is 6.79. The molecule has 5 aliphatic rings. The Kier molecular flexibility index (Phi) is 5.03. The Labute approximate surface area is 199 Å². The Hall–Kier alpha value is -0.0400. The minimum absolute atomic E-state index is 0.0442. The molecule has 1 heteroatoms. The third-order valence-electron chi connectivity index (χ3n) is 14.1. The summed E-state index contributed by atoms with van der Waals surface area (Å²) in [6.45, 7) is 23.2. The molecule has 32 heavy (non-hydrogen) atoms. The number of aliphatic hydroxyl groups excluding tert-OH is 1.